The van der Waals surface area contributed by atoms with Crippen molar-refractivity contribution in [2.45, 2.75) is 13.5 Å². The Morgan fingerprint density at radius 2 is 1.55 bits per heavy atom. The van der Waals surface area contributed by atoms with Crippen LogP contribution in [0.2, 0.25) is 0 Å². The van der Waals surface area contributed by atoms with Gasteiger partial charge < -0.3 is 9.32 Å². The fourth-order valence-corrected chi connectivity index (χ4v) is 3.48. The second-order valence-electron chi connectivity index (χ2n) is 7.08. The largest absolute Gasteiger partial charge is 0.455 e. The summed E-state index contributed by atoms with van der Waals surface area (Å²) >= 11 is 0. The predicted octanol–water partition coefficient (Wildman–Crippen LogP) is 5.04. The molecule has 0 saturated carbocycles. The molecule has 0 atom stereocenters. The van der Waals surface area contributed by atoms with E-state index in [4.69, 9.17) is 4.42 Å². The molecule has 0 unspecified atom stereocenters. The molecular weight excluding hydrogens is 362 g/mol. The van der Waals surface area contributed by atoms with E-state index in [2.05, 4.69) is 0 Å². The predicted molar refractivity (Wildman–Crippen MR) is 115 cm³/mol. The zero-order valence-electron chi connectivity index (χ0n) is 16.4. The fraction of sp³-hybridized carbons (Fsp3) is 0.120. The Labute approximate surface area is 169 Å². The molecule has 0 saturated heterocycles. The van der Waals surface area contributed by atoms with Crippen LogP contribution >= 0.6 is 0 Å². The van der Waals surface area contributed by atoms with Gasteiger partial charge in [-0.2, -0.15) is 0 Å². The highest BCUT2D eigenvalue weighted by molar-refractivity contribution is 6.05. The lowest BCUT2D eigenvalue weighted by molar-refractivity contribution is 0.0786. The van der Waals surface area contributed by atoms with Crippen LogP contribution < -0.4 is 5.43 Å². The fourth-order valence-electron chi connectivity index (χ4n) is 3.48. The standard InChI is InChI=1S/C25H21NO3/c1-17-22(27)20-14-9-15-21(24(20)29-23(17)19-12-7-4-8-13-19)25(28)26(2)16-18-10-5-3-6-11-18/h3-15H,16H2,1-2H3. The summed E-state index contributed by atoms with van der Waals surface area (Å²) in [7, 11) is 1.75. The molecule has 0 N–H and O–H groups in total. The number of carbonyl (C=O) groups is 1. The molecule has 4 nitrogen and oxygen atoms in total. The van der Waals surface area contributed by atoms with Gasteiger partial charge in [-0.25, -0.2) is 0 Å². The lowest BCUT2D eigenvalue weighted by Crippen LogP contribution is -2.26. The summed E-state index contributed by atoms with van der Waals surface area (Å²) in [4.78, 5) is 27.8. The molecule has 3 aromatic carbocycles. The van der Waals surface area contributed by atoms with Crippen molar-refractivity contribution in [2.75, 3.05) is 7.05 Å². The van der Waals surface area contributed by atoms with Gasteiger partial charge in [0.2, 0.25) is 0 Å². The van der Waals surface area contributed by atoms with Gasteiger partial charge in [-0.05, 0) is 24.6 Å². The summed E-state index contributed by atoms with van der Waals surface area (Å²) in [5.74, 6) is 0.305. The van der Waals surface area contributed by atoms with E-state index in [1.807, 2.05) is 60.7 Å². The van der Waals surface area contributed by atoms with Gasteiger partial charge in [-0.3, -0.25) is 9.59 Å². The highest BCUT2D eigenvalue weighted by atomic mass is 16.3. The molecule has 29 heavy (non-hydrogen) atoms. The number of hydrogen-bond acceptors (Lipinski definition) is 3. The van der Waals surface area contributed by atoms with Crippen molar-refractivity contribution in [3.05, 3.63) is 106 Å². The van der Waals surface area contributed by atoms with Crippen LogP contribution in [-0.2, 0) is 6.54 Å². The minimum atomic E-state index is -0.189. The summed E-state index contributed by atoms with van der Waals surface area (Å²) < 4.78 is 6.16. The van der Waals surface area contributed by atoms with E-state index < -0.39 is 0 Å². The quantitative estimate of drug-likeness (QED) is 0.496. The SMILES string of the molecule is Cc1c(-c2ccccc2)oc2c(C(=O)N(C)Cc3ccccc3)cccc2c1=O. The summed E-state index contributed by atoms with van der Waals surface area (Å²) in [6.07, 6.45) is 0. The minimum absolute atomic E-state index is 0.120. The summed E-state index contributed by atoms with van der Waals surface area (Å²) in [6, 6.07) is 24.4. The van der Waals surface area contributed by atoms with Crippen LogP contribution in [0, 0.1) is 6.92 Å². The Kier molecular flexibility index (Phi) is 5.00. The molecule has 0 spiro atoms. The molecule has 0 bridgehead atoms. The molecule has 1 amide bonds. The number of carbonyl (C=O) groups excluding carboxylic acids is 1. The highest BCUT2D eigenvalue weighted by Crippen LogP contribution is 2.27. The van der Waals surface area contributed by atoms with E-state index in [9.17, 15) is 9.59 Å². The van der Waals surface area contributed by atoms with Gasteiger partial charge in [0.05, 0.1) is 10.9 Å². The maximum atomic E-state index is 13.2. The van der Waals surface area contributed by atoms with Gasteiger partial charge in [0.25, 0.3) is 5.91 Å². The Bertz CT molecular complexity index is 1230. The average Bonchev–Trinajstić information content (AvgIpc) is 2.76. The maximum absolute atomic E-state index is 13.2. The summed E-state index contributed by atoms with van der Waals surface area (Å²) in [6.45, 7) is 2.22. The first-order valence-corrected chi connectivity index (χ1v) is 9.47. The molecule has 0 aliphatic carbocycles. The third-order valence-electron chi connectivity index (χ3n) is 5.02. The Morgan fingerprint density at radius 1 is 0.897 bits per heavy atom. The van der Waals surface area contributed by atoms with Gasteiger partial charge in [0.1, 0.15) is 5.76 Å². The molecule has 0 aliphatic rings. The molecule has 1 heterocycles. The van der Waals surface area contributed by atoms with Gasteiger partial charge in [0.15, 0.2) is 11.0 Å². The first-order valence-electron chi connectivity index (χ1n) is 9.47. The van der Waals surface area contributed by atoms with Crippen LogP contribution in [-0.4, -0.2) is 17.9 Å². The van der Waals surface area contributed by atoms with E-state index >= 15 is 0 Å². The number of hydrogen-bond donors (Lipinski definition) is 0. The van der Waals surface area contributed by atoms with Gasteiger partial charge in [-0.1, -0.05) is 66.7 Å². The third kappa shape index (κ3) is 3.57. The second kappa shape index (κ2) is 7.76. The number of para-hydroxylation sites is 1. The van der Waals surface area contributed by atoms with Crippen LogP contribution in [0.15, 0.2) is 88.1 Å². The number of fused-ring (bicyclic) bond motifs is 1. The van der Waals surface area contributed by atoms with Crippen LogP contribution in [0.4, 0.5) is 0 Å². The lowest BCUT2D eigenvalue weighted by atomic mass is 10.0. The minimum Gasteiger partial charge on any atom is -0.455 e. The molecular formula is C25H21NO3. The molecule has 4 heteroatoms. The zero-order chi connectivity index (χ0) is 20.4. The maximum Gasteiger partial charge on any atom is 0.257 e. The molecule has 0 fully saturated rings. The summed E-state index contributed by atoms with van der Waals surface area (Å²) in [5, 5.41) is 0.418. The number of nitrogens with zero attached hydrogens (tertiary/aromatic N) is 1. The molecule has 144 valence electrons. The second-order valence-corrected chi connectivity index (χ2v) is 7.08. The highest BCUT2D eigenvalue weighted by Gasteiger charge is 2.20. The van der Waals surface area contributed by atoms with E-state index in [1.165, 1.54) is 0 Å². The van der Waals surface area contributed by atoms with Gasteiger partial charge in [0, 0.05) is 24.7 Å². The van der Waals surface area contributed by atoms with Crippen molar-refractivity contribution in [3.8, 4) is 11.3 Å². The van der Waals surface area contributed by atoms with Crippen LogP contribution in [0.1, 0.15) is 21.5 Å². The smallest absolute Gasteiger partial charge is 0.257 e. The first kappa shape index (κ1) is 18.7. The van der Waals surface area contributed by atoms with Crippen molar-refractivity contribution in [3.63, 3.8) is 0 Å². The van der Waals surface area contributed by atoms with Crippen LogP contribution in [0.5, 0.6) is 0 Å². The van der Waals surface area contributed by atoms with E-state index in [-0.39, 0.29) is 11.3 Å². The molecule has 0 radical (unpaired) electrons. The van der Waals surface area contributed by atoms with Crippen molar-refractivity contribution in [1.82, 2.24) is 4.90 Å². The zero-order valence-corrected chi connectivity index (χ0v) is 16.4. The number of benzene rings is 3. The van der Waals surface area contributed by atoms with Crippen molar-refractivity contribution >= 4 is 16.9 Å². The first-order chi connectivity index (χ1) is 14.1. The normalized spacial score (nSPS) is 10.8. The van der Waals surface area contributed by atoms with Crippen molar-refractivity contribution < 1.29 is 9.21 Å². The van der Waals surface area contributed by atoms with E-state index in [1.54, 1.807) is 37.1 Å². The number of rotatable bonds is 4. The molecule has 0 aliphatic heterocycles. The van der Waals surface area contributed by atoms with Crippen LogP contribution in [0.3, 0.4) is 0 Å². The Hall–Kier alpha value is -3.66. The average molecular weight is 383 g/mol. The van der Waals surface area contributed by atoms with Crippen molar-refractivity contribution in [2.24, 2.45) is 0 Å². The summed E-state index contributed by atoms with van der Waals surface area (Å²) in [5.41, 5.74) is 2.97. The monoisotopic (exact) mass is 383 g/mol. The van der Waals surface area contributed by atoms with Gasteiger partial charge >= 0.3 is 0 Å². The Balaban J connectivity index is 1.82. The van der Waals surface area contributed by atoms with E-state index in [0.717, 1.165) is 11.1 Å². The molecule has 4 aromatic rings. The topological polar surface area (TPSA) is 50.5 Å². The molecule has 4 rings (SSSR count). The van der Waals surface area contributed by atoms with Gasteiger partial charge in [-0.15, -0.1) is 0 Å². The molecule has 1 aromatic heterocycles. The number of amides is 1. The lowest BCUT2D eigenvalue weighted by Gasteiger charge is -2.18. The van der Waals surface area contributed by atoms with E-state index in [0.29, 0.717) is 34.4 Å². The van der Waals surface area contributed by atoms with Crippen molar-refractivity contribution in [1.29, 1.82) is 0 Å². The van der Waals surface area contributed by atoms with Crippen LogP contribution in [0.25, 0.3) is 22.3 Å². The Morgan fingerprint density at radius 3 is 2.24 bits per heavy atom. The third-order valence-corrected chi connectivity index (χ3v) is 5.02.